The molecule has 1 aliphatic carbocycles. The summed E-state index contributed by atoms with van der Waals surface area (Å²) in [6, 6.07) is 15.8. The van der Waals surface area contributed by atoms with Crippen LogP contribution >= 0.6 is 0 Å². The summed E-state index contributed by atoms with van der Waals surface area (Å²) in [5.41, 5.74) is 3.16. The van der Waals surface area contributed by atoms with Crippen molar-refractivity contribution in [2.24, 2.45) is 10.9 Å². The summed E-state index contributed by atoms with van der Waals surface area (Å²) in [4.78, 5) is 32.0. The molecule has 1 heterocycles. The van der Waals surface area contributed by atoms with Crippen LogP contribution in [0.4, 0.5) is 0 Å². The molecule has 5 nitrogen and oxygen atoms in total. The van der Waals surface area contributed by atoms with E-state index in [-0.39, 0.29) is 12.3 Å². The van der Waals surface area contributed by atoms with Gasteiger partial charge < -0.3 is 5.11 Å². The molecule has 1 amide bonds. The van der Waals surface area contributed by atoms with Gasteiger partial charge >= 0.3 is 5.97 Å². The molecule has 0 spiro atoms. The predicted octanol–water partition coefficient (Wildman–Crippen LogP) is 6.25. The van der Waals surface area contributed by atoms with E-state index in [0.29, 0.717) is 12.5 Å². The molecule has 0 aromatic heterocycles. The van der Waals surface area contributed by atoms with E-state index in [2.05, 4.69) is 13.8 Å². The Morgan fingerprint density at radius 3 is 2.47 bits per heavy atom. The minimum absolute atomic E-state index is 0.00277. The normalized spacial score (nSPS) is 21.1. The predicted molar refractivity (Wildman–Crippen MR) is 136 cm³/mol. The van der Waals surface area contributed by atoms with Gasteiger partial charge in [-0.2, -0.15) is 0 Å². The van der Waals surface area contributed by atoms with Gasteiger partial charge in [0.1, 0.15) is 11.4 Å². The van der Waals surface area contributed by atoms with E-state index in [9.17, 15) is 14.7 Å². The molecule has 2 aromatic rings. The molecular weight excluding hydrogens is 424 g/mol. The zero-order chi connectivity index (χ0) is 24.1. The Hall–Kier alpha value is -2.95. The van der Waals surface area contributed by atoms with Crippen molar-refractivity contribution in [3.05, 3.63) is 59.7 Å². The third-order valence-electron chi connectivity index (χ3n) is 7.47. The molecular formula is C29H36N2O3. The molecule has 34 heavy (non-hydrogen) atoms. The van der Waals surface area contributed by atoms with Crippen LogP contribution < -0.4 is 0 Å². The SMILES string of the molecule is CCCCC1=NC(C)(C2CCCCC2)C(=O)N1Cc1ccc(-c2ccccc2CC(=O)O)cc1. The Bertz CT molecular complexity index is 1050. The van der Waals surface area contributed by atoms with Crippen molar-refractivity contribution in [2.45, 2.75) is 83.7 Å². The van der Waals surface area contributed by atoms with Crippen LogP contribution in [-0.2, 0) is 22.6 Å². The van der Waals surface area contributed by atoms with Crippen molar-refractivity contribution in [1.29, 1.82) is 0 Å². The lowest BCUT2D eigenvalue weighted by molar-refractivity contribution is -0.136. The van der Waals surface area contributed by atoms with Crippen molar-refractivity contribution in [3.63, 3.8) is 0 Å². The zero-order valence-corrected chi connectivity index (χ0v) is 20.4. The molecule has 180 valence electrons. The summed E-state index contributed by atoms with van der Waals surface area (Å²) in [5.74, 6) is 0.595. The van der Waals surface area contributed by atoms with Crippen molar-refractivity contribution < 1.29 is 14.7 Å². The quantitative estimate of drug-likeness (QED) is 0.481. The number of carbonyl (C=O) groups excluding carboxylic acids is 1. The number of amides is 1. The summed E-state index contributed by atoms with van der Waals surface area (Å²) in [7, 11) is 0. The first-order chi connectivity index (χ1) is 16.4. The highest BCUT2D eigenvalue weighted by Gasteiger charge is 2.49. The van der Waals surface area contributed by atoms with Crippen LogP contribution in [0.2, 0.25) is 0 Å². The molecule has 1 N–H and O–H groups in total. The third-order valence-corrected chi connectivity index (χ3v) is 7.47. The molecule has 2 aliphatic rings. The van der Waals surface area contributed by atoms with Crippen LogP contribution in [0.15, 0.2) is 53.5 Å². The van der Waals surface area contributed by atoms with Crippen LogP contribution in [0.3, 0.4) is 0 Å². The number of hydrogen-bond donors (Lipinski definition) is 1. The van der Waals surface area contributed by atoms with Crippen molar-refractivity contribution in [2.75, 3.05) is 0 Å². The van der Waals surface area contributed by atoms with Gasteiger partial charge in [-0.25, -0.2) is 0 Å². The number of benzene rings is 2. The van der Waals surface area contributed by atoms with E-state index in [1.54, 1.807) is 0 Å². The lowest BCUT2D eigenvalue weighted by Crippen LogP contribution is -2.45. The van der Waals surface area contributed by atoms with Gasteiger partial charge in [0, 0.05) is 6.42 Å². The topological polar surface area (TPSA) is 70.0 Å². The molecule has 4 rings (SSSR count). The fourth-order valence-electron chi connectivity index (χ4n) is 5.48. The molecule has 5 heteroatoms. The number of aliphatic imine (C=N–C) groups is 1. The summed E-state index contributed by atoms with van der Waals surface area (Å²) in [5, 5.41) is 9.24. The number of carboxylic acid groups (broad SMARTS) is 1. The van der Waals surface area contributed by atoms with Gasteiger partial charge in [-0.05, 0) is 54.4 Å². The molecule has 1 unspecified atom stereocenters. The fourth-order valence-corrected chi connectivity index (χ4v) is 5.48. The van der Waals surface area contributed by atoms with Crippen LogP contribution in [0, 0.1) is 5.92 Å². The number of carbonyl (C=O) groups is 2. The van der Waals surface area contributed by atoms with E-state index in [1.165, 1.54) is 19.3 Å². The Labute approximate surface area is 202 Å². The molecule has 2 aromatic carbocycles. The standard InChI is InChI=1S/C29H36N2O3/c1-3-4-14-26-30-29(2,24-11-6-5-7-12-24)28(34)31(26)20-21-15-17-22(18-16-21)25-13-9-8-10-23(25)19-27(32)33/h8-10,13,15-18,24H,3-7,11-12,14,19-20H2,1-2H3,(H,32,33). The van der Waals surface area contributed by atoms with Crippen LogP contribution in [0.5, 0.6) is 0 Å². The second-order valence-corrected chi connectivity index (χ2v) is 9.93. The smallest absolute Gasteiger partial charge is 0.307 e. The second-order valence-electron chi connectivity index (χ2n) is 9.93. The van der Waals surface area contributed by atoms with Gasteiger partial charge in [-0.3, -0.25) is 19.5 Å². The van der Waals surface area contributed by atoms with E-state index in [1.807, 2.05) is 53.4 Å². The Morgan fingerprint density at radius 2 is 1.79 bits per heavy atom. The van der Waals surface area contributed by atoms with Gasteiger partial charge in [-0.1, -0.05) is 81.1 Å². The zero-order valence-electron chi connectivity index (χ0n) is 20.4. The number of nitrogens with zero attached hydrogens (tertiary/aromatic N) is 2. The van der Waals surface area contributed by atoms with Gasteiger partial charge in [0.25, 0.3) is 5.91 Å². The first kappa shape index (κ1) is 24.2. The maximum atomic E-state index is 13.7. The average Bonchev–Trinajstić information content (AvgIpc) is 3.09. The molecule has 1 aliphatic heterocycles. The first-order valence-electron chi connectivity index (χ1n) is 12.7. The number of hydrogen-bond acceptors (Lipinski definition) is 3. The van der Waals surface area contributed by atoms with Crippen molar-refractivity contribution in [3.8, 4) is 11.1 Å². The van der Waals surface area contributed by atoms with Gasteiger partial charge in [0.05, 0.1) is 13.0 Å². The van der Waals surface area contributed by atoms with Gasteiger partial charge in [0.2, 0.25) is 0 Å². The molecule has 1 atom stereocenters. The largest absolute Gasteiger partial charge is 0.481 e. The van der Waals surface area contributed by atoms with E-state index in [4.69, 9.17) is 4.99 Å². The summed E-state index contributed by atoms with van der Waals surface area (Å²) in [6.45, 7) is 4.75. The first-order valence-corrected chi connectivity index (χ1v) is 12.7. The van der Waals surface area contributed by atoms with Crippen molar-refractivity contribution in [1.82, 2.24) is 4.90 Å². The summed E-state index contributed by atoms with van der Waals surface area (Å²) in [6.07, 6.45) is 8.77. The molecule has 0 radical (unpaired) electrons. The second kappa shape index (κ2) is 10.5. The average molecular weight is 461 g/mol. The minimum Gasteiger partial charge on any atom is -0.481 e. The Kier molecular flexibility index (Phi) is 7.50. The van der Waals surface area contributed by atoms with Gasteiger partial charge in [-0.15, -0.1) is 0 Å². The maximum absolute atomic E-state index is 13.7. The van der Waals surface area contributed by atoms with Gasteiger partial charge in [0.15, 0.2) is 0 Å². The van der Waals surface area contributed by atoms with Crippen molar-refractivity contribution >= 4 is 17.7 Å². The number of carboxylic acids is 1. The highest BCUT2D eigenvalue weighted by atomic mass is 16.4. The molecule has 1 saturated carbocycles. The number of rotatable bonds is 9. The minimum atomic E-state index is -0.837. The molecule has 1 fully saturated rings. The fraction of sp³-hybridized carbons (Fsp3) is 0.483. The Balaban J connectivity index is 1.55. The van der Waals surface area contributed by atoms with Crippen LogP contribution in [0.25, 0.3) is 11.1 Å². The summed E-state index contributed by atoms with van der Waals surface area (Å²) >= 11 is 0. The number of unbranched alkanes of at least 4 members (excludes halogenated alkanes) is 1. The Morgan fingerprint density at radius 1 is 1.09 bits per heavy atom. The lowest BCUT2D eigenvalue weighted by atomic mass is 9.75. The van der Waals surface area contributed by atoms with E-state index >= 15 is 0 Å². The number of amidine groups is 1. The summed E-state index contributed by atoms with van der Waals surface area (Å²) < 4.78 is 0. The third kappa shape index (κ3) is 5.08. The highest BCUT2D eigenvalue weighted by molar-refractivity contribution is 6.08. The number of aliphatic carboxylic acids is 1. The monoisotopic (exact) mass is 460 g/mol. The van der Waals surface area contributed by atoms with E-state index < -0.39 is 11.5 Å². The lowest BCUT2D eigenvalue weighted by Gasteiger charge is -2.33. The van der Waals surface area contributed by atoms with E-state index in [0.717, 1.165) is 60.2 Å². The highest BCUT2D eigenvalue weighted by Crippen LogP contribution is 2.40. The molecule has 0 bridgehead atoms. The molecule has 0 saturated heterocycles. The van der Waals surface area contributed by atoms with Crippen LogP contribution in [-0.4, -0.2) is 33.3 Å². The van der Waals surface area contributed by atoms with Crippen LogP contribution in [0.1, 0.15) is 76.3 Å². The maximum Gasteiger partial charge on any atom is 0.307 e.